The Morgan fingerprint density at radius 1 is 1.62 bits per heavy atom. The molecule has 5 N–H and O–H groups in total. The van der Waals surface area contributed by atoms with Crippen LogP contribution in [0.4, 0.5) is 4.79 Å². The van der Waals surface area contributed by atoms with Crippen LogP contribution in [0.5, 0.6) is 11.5 Å². The zero-order valence-electron chi connectivity index (χ0n) is 8.48. The molecule has 0 heterocycles. The van der Waals surface area contributed by atoms with Crippen LogP contribution in [0.25, 0.3) is 0 Å². The van der Waals surface area contributed by atoms with Gasteiger partial charge in [0.25, 0.3) is 0 Å². The molecule has 0 atom stereocenters. The molecule has 0 aromatic heterocycles. The average Bonchev–Trinajstić information content (AvgIpc) is 2.20. The maximum absolute atomic E-state index is 10.3. The Hall–Kier alpha value is -1.73. The van der Waals surface area contributed by atoms with Crippen molar-refractivity contribution in [2.24, 2.45) is 10.8 Å². The zero-order chi connectivity index (χ0) is 11.3. The number of carbonyl (C=O) groups is 1. The first-order chi connectivity index (χ1) is 7.15. The molecule has 1 aromatic carbocycles. The number of hydrazone groups is 1. The predicted molar refractivity (Wildman–Crippen MR) is 56.4 cm³/mol. The summed E-state index contributed by atoms with van der Waals surface area (Å²) in [6.07, 6.45) is 1.33. The van der Waals surface area contributed by atoms with Crippen LogP contribution in [0.15, 0.2) is 23.3 Å². The van der Waals surface area contributed by atoms with Crippen molar-refractivity contribution in [2.45, 2.75) is 0 Å². The average molecular weight is 269 g/mol. The van der Waals surface area contributed by atoms with E-state index in [1.165, 1.54) is 13.3 Å². The van der Waals surface area contributed by atoms with Gasteiger partial charge < -0.3 is 15.6 Å². The zero-order valence-corrected chi connectivity index (χ0v) is 9.52. The minimum atomic E-state index is -0.749. The topological polar surface area (TPSA) is 99.6 Å². The summed E-state index contributed by atoms with van der Waals surface area (Å²) in [5.41, 5.74) is 7.39. The molecule has 7 heteroatoms. The molecule has 6 nitrogen and oxygen atoms in total. The minimum absolute atomic E-state index is 0. The number of rotatable bonds is 3. The van der Waals surface area contributed by atoms with Crippen LogP contribution in [-0.4, -0.2) is 24.5 Å². The number of methoxy groups -OCH3 is 1. The fourth-order valence-corrected chi connectivity index (χ4v) is 0.991. The fraction of sp³-hybridized carbons (Fsp3) is 0.111. The second kappa shape index (κ2) is 6.70. The van der Waals surface area contributed by atoms with Crippen molar-refractivity contribution in [3.05, 3.63) is 23.8 Å². The normalized spacial score (nSPS) is 9.56. The summed E-state index contributed by atoms with van der Waals surface area (Å²) in [5.74, 6) is 0.646. The van der Waals surface area contributed by atoms with Gasteiger partial charge in [0.15, 0.2) is 0 Å². The molecular weight excluding hydrogens is 257 g/mol. The van der Waals surface area contributed by atoms with Crippen LogP contribution in [-0.2, 0) is 16.8 Å². The third kappa shape index (κ3) is 3.79. The molecule has 0 fully saturated rings. The number of nitrogens with two attached hydrogens (primary N) is 1. The monoisotopic (exact) mass is 269 g/mol. The van der Waals surface area contributed by atoms with Gasteiger partial charge in [-0.3, -0.25) is 0 Å². The van der Waals surface area contributed by atoms with E-state index < -0.39 is 6.03 Å². The SMILES string of the molecule is COc1cccc(C=NNC(N)=O)c1[OH2+].[Co+2]. The number of benzene rings is 1. The Morgan fingerprint density at radius 2 is 2.31 bits per heavy atom. The summed E-state index contributed by atoms with van der Waals surface area (Å²) in [5, 5.41) is 11.2. The molecule has 16 heavy (non-hydrogen) atoms. The summed E-state index contributed by atoms with van der Waals surface area (Å²) < 4.78 is 4.95. The number of amides is 2. The second-order valence-electron chi connectivity index (χ2n) is 2.66. The van der Waals surface area contributed by atoms with Crippen molar-refractivity contribution in [3.8, 4) is 11.5 Å². The van der Waals surface area contributed by atoms with E-state index in [2.05, 4.69) is 5.10 Å². The molecule has 0 aliphatic carbocycles. The molecule has 0 unspecified atom stereocenters. The summed E-state index contributed by atoms with van der Waals surface area (Å²) in [6, 6.07) is 4.32. The second-order valence-corrected chi connectivity index (χ2v) is 2.66. The number of nitrogens with one attached hydrogen (secondary N) is 1. The summed E-state index contributed by atoms with van der Waals surface area (Å²) in [6.45, 7) is 0. The van der Waals surface area contributed by atoms with Gasteiger partial charge in [0.05, 0.1) is 18.9 Å². The van der Waals surface area contributed by atoms with Crippen LogP contribution < -0.4 is 15.9 Å². The van der Waals surface area contributed by atoms with Crippen molar-refractivity contribution < 1.29 is 31.4 Å². The number of hydrogen-bond donors (Lipinski definition) is 2. The number of para-hydroxylation sites is 1. The Kier molecular flexibility index (Phi) is 5.97. The smallest absolute Gasteiger partial charge is 0.590 e. The van der Waals surface area contributed by atoms with Gasteiger partial charge >= 0.3 is 28.6 Å². The van der Waals surface area contributed by atoms with E-state index in [-0.39, 0.29) is 22.5 Å². The van der Waals surface area contributed by atoms with E-state index in [0.29, 0.717) is 11.3 Å². The largest absolute Gasteiger partial charge is 2.00 e. The molecule has 0 aliphatic rings. The number of hydrogen-bond acceptors (Lipinski definition) is 3. The van der Waals surface area contributed by atoms with Gasteiger partial charge in [-0.1, -0.05) is 6.07 Å². The number of ether oxygens (including phenoxy) is 1. The van der Waals surface area contributed by atoms with Gasteiger partial charge in [0.1, 0.15) is 0 Å². The molecular formula is C9H12CoN3O3+3. The van der Waals surface area contributed by atoms with Crippen LogP contribution in [0.1, 0.15) is 5.56 Å². The number of primary amides is 1. The summed E-state index contributed by atoms with van der Waals surface area (Å²) in [7, 11) is 1.48. The van der Waals surface area contributed by atoms with Crippen LogP contribution in [0, 0.1) is 0 Å². The van der Waals surface area contributed by atoms with E-state index in [9.17, 15) is 4.79 Å². The molecule has 0 saturated heterocycles. The van der Waals surface area contributed by atoms with Crippen LogP contribution in [0.2, 0.25) is 0 Å². The number of carbonyl (C=O) groups excluding carboxylic acids is 1. The molecule has 0 saturated carbocycles. The first-order valence-corrected chi connectivity index (χ1v) is 4.12. The van der Waals surface area contributed by atoms with E-state index in [1.54, 1.807) is 18.2 Å². The predicted octanol–water partition coefficient (Wildman–Crippen LogP) is 0.133. The molecule has 0 spiro atoms. The van der Waals surface area contributed by atoms with Gasteiger partial charge in [-0.15, -0.1) is 0 Å². The molecule has 2 amide bonds. The molecule has 0 aliphatic heterocycles. The van der Waals surface area contributed by atoms with Gasteiger partial charge in [-0.05, 0) is 12.1 Å². The van der Waals surface area contributed by atoms with Crippen molar-refractivity contribution in [3.63, 3.8) is 0 Å². The quantitative estimate of drug-likeness (QED) is 0.463. The number of nitrogens with zero attached hydrogens (tertiary/aromatic N) is 1. The maximum Gasteiger partial charge on any atom is 2.00 e. The molecule has 87 valence electrons. The van der Waals surface area contributed by atoms with E-state index in [1.807, 2.05) is 5.43 Å². The first kappa shape index (κ1) is 14.3. The summed E-state index contributed by atoms with van der Waals surface area (Å²) >= 11 is 0. The van der Waals surface area contributed by atoms with Crippen molar-refractivity contribution >= 4 is 12.2 Å². The standard InChI is InChI=1S/C9H11N3O3.Co/c1-15-7-4-2-3-6(8(7)13)5-11-12-9(10)14;/h2-5,13H,1H3,(H3,10,12,14);/q;+2/p+1. The van der Waals surface area contributed by atoms with E-state index >= 15 is 0 Å². The molecule has 1 radical (unpaired) electrons. The molecule has 0 bridgehead atoms. The van der Waals surface area contributed by atoms with Gasteiger partial charge in [-0.25, -0.2) is 10.2 Å². The van der Waals surface area contributed by atoms with E-state index in [0.717, 1.165) is 0 Å². The Labute approximate surface area is 103 Å². The van der Waals surface area contributed by atoms with Crippen molar-refractivity contribution in [1.29, 1.82) is 0 Å². The van der Waals surface area contributed by atoms with Gasteiger partial charge in [-0.2, -0.15) is 5.10 Å². The molecule has 1 aromatic rings. The molecule has 1 rings (SSSR count). The maximum atomic E-state index is 10.3. The third-order valence-electron chi connectivity index (χ3n) is 1.66. The fourth-order valence-electron chi connectivity index (χ4n) is 0.991. The van der Waals surface area contributed by atoms with Crippen molar-refractivity contribution in [1.82, 2.24) is 5.43 Å². The van der Waals surface area contributed by atoms with Gasteiger partial charge in [0.2, 0.25) is 5.75 Å². The Morgan fingerprint density at radius 3 is 2.88 bits per heavy atom. The van der Waals surface area contributed by atoms with Crippen LogP contribution >= 0.6 is 0 Å². The van der Waals surface area contributed by atoms with Crippen molar-refractivity contribution in [2.75, 3.05) is 7.11 Å². The van der Waals surface area contributed by atoms with Crippen LogP contribution in [0.3, 0.4) is 0 Å². The number of urea groups is 1. The third-order valence-corrected chi connectivity index (χ3v) is 1.66. The summed E-state index contributed by atoms with van der Waals surface area (Å²) in [4.78, 5) is 10.3. The Balaban J connectivity index is 0.00000225. The van der Waals surface area contributed by atoms with Gasteiger partial charge in [0, 0.05) is 0 Å². The Bertz CT molecular complexity index is 396. The minimum Gasteiger partial charge on any atom is -0.590 e. The first-order valence-electron chi connectivity index (χ1n) is 4.12. The van der Waals surface area contributed by atoms with E-state index in [4.69, 9.17) is 15.6 Å².